The maximum Gasteiger partial charge on any atom is 0.371 e. The monoisotopic (exact) mass is 360 g/mol. The molecule has 0 saturated carbocycles. The molecule has 140 valence electrons. The summed E-state index contributed by atoms with van der Waals surface area (Å²) in [5.41, 5.74) is 0.969. The van der Waals surface area contributed by atoms with E-state index in [0.717, 1.165) is 12.8 Å². The molecule has 0 bridgehead atoms. The highest BCUT2D eigenvalue weighted by molar-refractivity contribution is 5.97. The van der Waals surface area contributed by atoms with Crippen molar-refractivity contribution >= 4 is 34.4 Å². The van der Waals surface area contributed by atoms with Crippen molar-refractivity contribution in [2.24, 2.45) is 0 Å². The van der Waals surface area contributed by atoms with Gasteiger partial charge in [-0.25, -0.2) is 4.79 Å². The predicted octanol–water partition coefficient (Wildman–Crippen LogP) is 3.50. The molecule has 26 heavy (non-hydrogen) atoms. The number of nitrogens with zero attached hydrogens (tertiary/aromatic N) is 1. The topological polar surface area (TPSA) is 99.9 Å². The minimum absolute atomic E-state index is 0.0137. The van der Waals surface area contributed by atoms with Crippen LogP contribution in [0.1, 0.15) is 50.1 Å². The molecule has 1 aromatic carbocycles. The Balaban J connectivity index is 1.93. The molecule has 7 heteroatoms. The number of anilines is 1. The number of aromatic carboxylic acids is 1. The normalized spacial score (nSPS) is 10.7. The summed E-state index contributed by atoms with van der Waals surface area (Å²) in [5.74, 6) is -1.57. The molecule has 0 fully saturated rings. The molecule has 0 saturated heterocycles. The van der Waals surface area contributed by atoms with Crippen molar-refractivity contribution in [1.29, 1.82) is 0 Å². The van der Waals surface area contributed by atoms with E-state index < -0.39 is 5.97 Å². The van der Waals surface area contributed by atoms with Gasteiger partial charge in [0.2, 0.25) is 17.6 Å². The van der Waals surface area contributed by atoms with Gasteiger partial charge in [0.05, 0.1) is 0 Å². The van der Waals surface area contributed by atoms with E-state index in [1.54, 1.807) is 23.1 Å². The van der Waals surface area contributed by atoms with Crippen LogP contribution in [0.25, 0.3) is 11.0 Å². The molecular weight excluding hydrogens is 336 g/mol. The number of rotatable bonds is 9. The molecule has 2 N–H and O–H groups in total. The molecule has 0 atom stereocenters. The molecule has 0 aliphatic carbocycles. The molecule has 0 spiro atoms. The van der Waals surface area contributed by atoms with Gasteiger partial charge in [-0.15, -0.1) is 0 Å². The van der Waals surface area contributed by atoms with Crippen molar-refractivity contribution in [3.8, 4) is 0 Å². The zero-order valence-corrected chi connectivity index (χ0v) is 15.1. The minimum atomic E-state index is -1.14. The van der Waals surface area contributed by atoms with Crippen LogP contribution in [0.2, 0.25) is 0 Å². The third kappa shape index (κ3) is 5.08. The van der Waals surface area contributed by atoms with Crippen molar-refractivity contribution in [2.45, 2.75) is 39.5 Å². The van der Waals surface area contributed by atoms with Gasteiger partial charge in [-0.3, -0.25) is 9.59 Å². The standard InChI is InChI=1S/C19H24N2O5/c1-3-9-21(10-4-2)18(23)8-7-17(22)20-14-5-6-15-13(11-14)12-16(26-15)19(24)25/h5-6,11-12H,3-4,7-10H2,1-2H3,(H,20,22)(H,24,25). The van der Waals surface area contributed by atoms with Crippen LogP contribution in [-0.4, -0.2) is 40.9 Å². The lowest BCUT2D eigenvalue weighted by Gasteiger charge is -2.21. The first-order valence-corrected chi connectivity index (χ1v) is 8.79. The fraction of sp³-hybridized carbons (Fsp3) is 0.421. The van der Waals surface area contributed by atoms with Crippen molar-refractivity contribution in [3.63, 3.8) is 0 Å². The second kappa shape index (κ2) is 9.03. The Morgan fingerprint density at radius 1 is 1.08 bits per heavy atom. The van der Waals surface area contributed by atoms with Gasteiger partial charge in [0.25, 0.3) is 0 Å². The lowest BCUT2D eigenvalue weighted by Crippen LogP contribution is -2.33. The van der Waals surface area contributed by atoms with Crippen LogP contribution in [0.4, 0.5) is 5.69 Å². The minimum Gasteiger partial charge on any atom is -0.475 e. The number of carboxylic acid groups (broad SMARTS) is 1. The van der Waals surface area contributed by atoms with Gasteiger partial charge < -0.3 is 19.7 Å². The number of hydrogen-bond acceptors (Lipinski definition) is 4. The summed E-state index contributed by atoms with van der Waals surface area (Å²) in [6, 6.07) is 6.29. The molecule has 0 unspecified atom stereocenters. The summed E-state index contributed by atoms with van der Waals surface area (Å²) in [6.07, 6.45) is 2.05. The predicted molar refractivity (Wildman–Crippen MR) is 98.2 cm³/mol. The van der Waals surface area contributed by atoms with Crippen LogP contribution in [0.5, 0.6) is 0 Å². The van der Waals surface area contributed by atoms with Crippen LogP contribution in [-0.2, 0) is 9.59 Å². The lowest BCUT2D eigenvalue weighted by atomic mass is 10.2. The Kier molecular flexibility index (Phi) is 6.77. The van der Waals surface area contributed by atoms with Gasteiger partial charge in [-0.2, -0.15) is 0 Å². The first-order chi connectivity index (χ1) is 12.4. The van der Waals surface area contributed by atoms with Crippen molar-refractivity contribution < 1.29 is 23.9 Å². The fourth-order valence-corrected chi connectivity index (χ4v) is 2.73. The van der Waals surface area contributed by atoms with E-state index in [1.807, 2.05) is 13.8 Å². The molecule has 0 radical (unpaired) electrons. The van der Waals surface area contributed by atoms with Gasteiger partial charge in [0.1, 0.15) is 5.58 Å². The van der Waals surface area contributed by atoms with Crippen LogP contribution in [0.3, 0.4) is 0 Å². The second-order valence-corrected chi connectivity index (χ2v) is 6.10. The van der Waals surface area contributed by atoms with E-state index in [4.69, 9.17) is 9.52 Å². The molecule has 2 amide bonds. The molecular formula is C19H24N2O5. The van der Waals surface area contributed by atoms with Crippen LogP contribution in [0, 0.1) is 0 Å². The quantitative estimate of drug-likeness (QED) is 0.713. The molecule has 2 rings (SSSR count). The number of carbonyl (C=O) groups excluding carboxylic acids is 2. The molecule has 0 aliphatic heterocycles. The average molecular weight is 360 g/mol. The van der Waals surface area contributed by atoms with Crippen molar-refractivity contribution in [2.75, 3.05) is 18.4 Å². The number of carbonyl (C=O) groups is 3. The number of benzene rings is 1. The largest absolute Gasteiger partial charge is 0.475 e. The van der Waals surface area contributed by atoms with E-state index in [-0.39, 0.29) is 30.4 Å². The average Bonchev–Trinajstić information content (AvgIpc) is 3.03. The van der Waals surface area contributed by atoms with Crippen LogP contribution >= 0.6 is 0 Å². The van der Waals surface area contributed by atoms with Crippen LogP contribution < -0.4 is 5.32 Å². The highest BCUT2D eigenvalue weighted by atomic mass is 16.4. The fourth-order valence-electron chi connectivity index (χ4n) is 2.73. The van der Waals surface area contributed by atoms with Crippen molar-refractivity contribution in [1.82, 2.24) is 4.90 Å². The maximum atomic E-state index is 12.2. The summed E-state index contributed by atoms with van der Waals surface area (Å²) < 4.78 is 5.18. The zero-order chi connectivity index (χ0) is 19.1. The number of fused-ring (bicyclic) bond motifs is 1. The summed E-state index contributed by atoms with van der Waals surface area (Å²) in [4.78, 5) is 37.0. The summed E-state index contributed by atoms with van der Waals surface area (Å²) in [7, 11) is 0. The second-order valence-electron chi connectivity index (χ2n) is 6.10. The molecule has 1 heterocycles. The number of hydrogen-bond donors (Lipinski definition) is 2. The molecule has 0 aliphatic rings. The van der Waals surface area contributed by atoms with E-state index in [1.165, 1.54) is 6.07 Å². The summed E-state index contributed by atoms with van der Waals surface area (Å²) in [6.45, 7) is 5.45. The van der Waals surface area contributed by atoms with E-state index in [9.17, 15) is 14.4 Å². The maximum absolute atomic E-state index is 12.2. The summed E-state index contributed by atoms with van der Waals surface area (Å²) >= 11 is 0. The number of furan rings is 1. The zero-order valence-electron chi connectivity index (χ0n) is 15.1. The van der Waals surface area contributed by atoms with Gasteiger partial charge in [-0.1, -0.05) is 13.8 Å². The first-order valence-electron chi connectivity index (χ1n) is 8.79. The third-order valence-electron chi connectivity index (χ3n) is 3.92. The molecule has 1 aromatic heterocycles. The molecule has 7 nitrogen and oxygen atoms in total. The Labute approximate surface area is 152 Å². The highest BCUT2D eigenvalue weighted by Gasteiger charge is 2.15. The van der Waals surface area contributed by atoms with Gasteiger partial charge >= 0.3 is 5.97 Å². The Morgan fingerprint density at radius 2 is 1.77 bits per heavy atom. The van der Waals surface area contributed by atoms with Crippen molar-refractivity contribution in [3.05, 3.63) is 30.0 Å². The Hall–Kier alpha value is -2.83. The van der Waals surface area contributed by atoms with Gasteiger partial charge in [-0.05, 0) is 37.1 Å². The molecule has 2 aromatic rings. The SMILES string of the molecule is CCCN(CCC)C(=O)CCC(=O)Nc1ccc2oc(C(=O)O)cc2c1. The van der Waals surface area contributed by atoms with Crippen LogP contribution in [0.15, 0.2) is 28.7 Å². The number of carboxylic acids is 1. The highest BCUT2D eigenvalue weighted by Crippen LogP contribution is 2.23. The van der Waals surface area contributed by atoms with E-state index in [2.05, 4.69) is 5.32 Å². The van der Waals surface area contributed by atoms with Gasteiger partial charge in [0.15, 0.2) is 0 Å². The number of amides is 2. The van der Waals surface area contributed by atoms with E-state index >= 15 is 0 Å². The lowest BCUT2D eigenvalue weighted by molar-refractivity contribution is -0.132. The summed E-state index contributed by atoms with van der Waals surface area (Å²) in [5, 5.41) is 12.3. The van der Waals surface area contributed by atoms with Gasteiger partial charge in [0, 0.05) is 37.0 Å². The first kappa shape index (κ1) is 19.5. The number of nitrogens with one attached hydrogen (secondary N) is 1. The Morgan fingerprint density at radius 3 is 2.38 bits per heavy atom. The Bertz CT molecular complexity index is 790. The van der Waals surface area contributed by atoms with E-state index in [0.29, 0.717) is 29.7 Å². The third-order valence-corrected chi connectivity index (χ3v) is 3.92. The smallest absolute Gasteiger partial charge is 0.371 e.